The van der Waals surface area contributed by atoms with Gasteiger partial charge < -0.3 is 15.5 Å². The molecule has 40 heavy (non-hydrogen) atoms. The number of benzene rings is 2. The maximum atomic E-state index is 13.6. The van der Waals surface area contributed by atoms with Crippen molar-refractivity contribution in [3.05, 3.63) is 65.7 Å². The number of hydrogen-bond donors (Lipinski definition) is 2. The summed E-state index contributed by atoms with van der Waals surface area (Å²) in [7, 11) is -3.73. The number of alkyl halides is 3. The zero-order chi connectivity index (χ0) is 29.1. The van der Waals surface area contributed by atoms with Gasteiger partial charge in [0.05, 0.1) is 21.8 Å². The summed E-state index contributed by atoms with van der Waals surface area (Å²) in [5.74, 6) is -0.955. The van der Waals surface area contributed by atoms with Gasteiger partial charge in [0.1, 0.15) is 6.04 Å². The van der Waals surface area contributed by atoms with E-state index in [9.17, 15) is 31.2 Å². The summed E-state index contributed by atoms with van der Waals surface area (Å²) in [6.07, 6.45) is -2.00. The molecule has 1 aliphatic heterocycles. The molecule has 11 heteroatoms. The molecule has 1 atom stereocenters. The Morgan fingerprint density at radius 2 is 1.73 bits per heavy atom. The zero-order valence-electron chi connectivity index (χ0n) is 22.7. The van der Waals surface area contributed by atoms with Gasteiger partial charge >= 0.3 is 6.18 Å². The molecule has 2 aliphatic rings. The monoisotopic (exact) mass is 579 g/mol. The molecule has 2 amide bonds. The van der Waals surface area contributed by atoms with Gasteiger partial charge in [-0.3, -0.25) is 9.59 Å². The lowest BCUT2D eigenvalue weighted by Gasteiger charge is -2.46. The second-order valence-electron chi connectivity index (χ2n) is 11.3. The number of hydrogen-bond acceptors (Lipinski definition) is 5. The first kappa shape index (κ1) is 30.0. The van der Waals surface area contributed by atoms with Gasteiger partial charge in [0, 0.05) is 18.2 Å². The number of likely N-dealkylation sites (tertiary alicyclic amines) is 1. The van der Waals surface area contributed by atoms with Crippen LogP contribution in [0.2, 0.25) is 0 Å². The van der Waals surface area contributed by atoms with Gasteiger partial charge in [0.25, 0.3) is 5.91 Å². The number of nitrogens with zero attached hydrogens (tertiary/aromatic N) is 1. The van der Waals surface area contributed by atoms with E-state index in [0.717, 1.165) is 24.7 Å². The van der Waals surface area contributed by atoms with Crippen molar-refractivity contribution in [2.75, 3.05) is 18.8 Å². The van der Waals surface area contributed by atoms with E-state index in [4.69, 9.17) is 0 Å². The lowest BCUT2D eigenvalue weighted by Crippen LogP contribution is -2.58. The summed E-state index contributed by atoms with van der Waals surface area (Å²) in [6.45, 7) is 5.32. The molecule has 2 aromatic carbocycles. The molecule has 1 saturated heterocycles. The highest BCUT2D eigenvalue weighted by molar-refractivity contribution is 7.91. The van der Waals surface area contributed by atoms with Gasteiger partial charge in [-0.2, -0.15) is 13.2 Å². The van der Waals surface area contributed by atoms with E-state index in [1.165, 1.54) is 6.07 Å². The topological polar surface area (TPSA) is 95.6 Å². The third kappa shape index (κ3) is 6.86. The van der Waals surface area contributed by atoms with Gasteiger partial charge in [-0.05, 0) is 74.9 Å². The minimum Gasteiger partial charge on any atom is -0.340 e. The number of rotatable bonds is 9. The largest absolute Gasteiger partial charge is 0.416 e. The Morgan fingerprint density at radius 1 is 1.05 bits per heavy atom. The van der Waals surface area contributed by atoms with Gasteiger partial charge in [-0.25, -0.2) is 8.42 Å². The van der Waals surface area contributed by atoms with Crippen LogP contribution < -0.4 is 10.6 Å². The van der Waals surface area contributed by atoms with E-state index in [-0.39, 0.29) is 35.2 Å². The van der Waals surface area contributed by atoms with E-state index in [2.05, 4.69) is 24.5 Å². The lowest BCUT2D eigenvalue weighted by molar-refractivity contribution is -0.138. The van der Waals surface area contributed by atoms with E-state index >= 15 is 0 Å². The second-order valence-corrected chi connectivity index (χ2v) is 13.2. The van der Waals surface area contributed by atoms with Crippen LogP contribution in [0.1, 0.15) is 61.9 Å². The molecular weight excluding hydrogens is 543 g/mol. The van der Waals surface area contributed by atoms with Crippen molar-refractivity contribution in [1.29, 1.82) is 0 Å². The Balaban J connectivity index is 1.54. The first-order valence-corrected chi connectivity index (χ1v) is 15.3. The highest BCUT2D eigenvalue weighted by atomic mass is 32.2. The standard InChI is InChI=1S/C29H36F3N3O4S/c1-20(2)18-33-23-11-14-28(15-12-23,19-40(38,39)24-9-4-3-5-10-24)35-16-13-25(27(35)37)34-26(36)21-7-6-8-22(17-21)29(30,31)32/h3-10,17,20,23,25,33H,11-16,18-19H2,1-2H3,(H,34,36)/t23?,25-,28?/m0/s1. The second kappa shape index (κ2) is 11.9. The number of sulfone groups is 1. The van der Waals surface area contributed by atoms with Gasteiger partial charge in [-0.1, -0.05) is 38.1 Å². The molecule has 0 bridgehead atoms. The van der Waals surface area contributed by atoms with Crippen molar-refractivity contribution in [2.45, 2.75) is 74.6 Å². The number of halogens is 3. The molecule has 2 fully saturated rings. The number of nitrogens with one attached hydrogen (secondary N) is 2. The van der Waals surface area contributed by atoms with Crippen molar-refractivity contribution in [3.8, 4) is 0 Å². The van der Waals surface area contributed by atoms with Crippen LogP contribution in [0, 0.1) is 5.92 Å². The summed E-state index contributed by atoms with van der Waals surface area (Å²) in [5.41, 5.74) is -2.09. The number of carbonyl (C=O) groups is 2. The minimum atomic E-state index is -4.60. The summed E-state index contributed by atoms with van der Waals surface area (Å²) < 4.78 is 66.4. The Hall–Kier alpha value is -2.92. The predicted octanol–water partition coefficient (Wildman–Crippen LogP) is 4.44. The molecule has 218 valence electrons. The van der Waals surface area contributed by atoms with Crippen LogP contribution in [0.25, 0.3) is 0 Å². The fraction of sp³-hybridized carbons (Fsp3) is 0.517. The fourth-order valence-corrected chi connectivity index (χ4v) is 7.57. The summed E-state index contributed by atoms with van der Waals surface area (Å²) in [6, 6.07) is 11.5. The minimum absolute atomic E-state index is 0.190. The smallest absolute Gasteiger partial charge is 0.340 e. The lowest BCUT2D eigenvalue weighted by atomic mass is 9.79. The van der Waals surface area contributed by atoms with Crippen LogP contribution in [-0.2, 0) is 20.8 Å². The molecule has 0 radical (unpaired) electrons. The summed E-state index contributed by atoms with van der Waals surface area (Å²) >= 11 is 0. The Bertz CT molecular complexity index is 1310. The van der Waals surface area contributed by atoms with E-state index < -0.39 is 45.0 Å². The van der Waals surface area contributed by atoms with Crippen LogP contribution in [0.15, 0.2) is 59.5 Å². The molecule has 2 N–H and O–H groups in total. The first-order valence-electron chi connectivity index (χ1n) is 13.6. The first-order chi connectivity index (χ1) is 18.8. The molecule has 2 aromatic rings. The van der Waals surface area contributed by atoms with Gasteiger partial charge in [-0.15, -0.1) is 0 Å². The maximum absolute atomic E-state index is 13.6. The Morgan fingerprint density at radius 3 is 2.35 bits per heavy atom. The average Bonchev–Trinajstić information content (AvgIpc) is 3.28. The third-order valence-corrected chi connectivity index (χ3v) is 9.74. The van der Waals surface area contributed by atoms with Gasteiger partial charge in [0.15, 0.2) is 9.84 Å². The van der Waals surface area contributed by atoms with E-state index in [1.807, 2.05) is 0 Å². The van der Waals surface area contributed by atoms with Crippen LogP contribution in [-0.4, -0.2) is 61.6 Å². The fourth-order valence-electron chi connectivity index (χ4n) is 5.68. The van der Waals surface area contributed by atoms with Crippen LogP contribution >= 0.6 is 0 Å². The quantitative estimate of drug-likeness (QED) is 0.458. The van der Waals surface area contributed by atoms with Crippen molar-refractivity contribution in [3.63, 3.8) is 0 Å². The molecule has 4 rings (SSSR count). The third-order valence-electron chi connectivity index (χ3n) is 7.83. The van der Waals surface area contributed by atoms with Crippen molar-refractivity contribution in [1.82, 2.24) is 15.5 Å². The predicted molar refractivity (Wildman–Crippen MR) is 145 cm³/mol. The zero-order valence-corrected chi connectivity index (χ0v) is 23.5. The highest BCUT2D eigenvalue weighted by Gasteiger charge is 2.50. The van der Waals surface area contributed by atoms with Crippen LogP contribution in [0.4, 0.5) is 13.2 Å². The molecule has 1 heterocycles. The van der Waals surface area contributed by atoms with E-state index in [0.29, 0.717) is 31.6 Å². The van der Waals surface area contributed by atoms with Crippen LogP contribution in [0.5, 0.6) is 0 Å². The molecule has 0 aromatic heterocycles. The van der Waals surface area contributed by atoms with Gasteiger partial charge in [0.2, 0.25) is 5.91 Å². The number of carbonyl (C=O) groups excluding carboxylic acids is 2. The number of amides is 2. The summed E-state index contributed by atoms with van der Waals surface area (Å²) in [4.78, 5) is 28.3. The average molecular weight is 580 g/mol. The Kier molecular flexibility index (Phi) is 8.94. The highest BCUT2D eigenvalue weighted by Crippen LogP contribution is 2.39. The van der Waals surface area contributed by atoms with Crippen molar-refractivity contribution < 1.29 is 31.2 Å². The molecule has 1 aliphatic carbocycles. The van der Waals surface area contributed by atoms with Crippen molar-refractivity contribution >= 4 is 21.7 Å². The normalized spacial score (nSPS) is 23.9. The molecule has 7 nitrogen and oxygen atoms in total. The SMILES string of the molecule is CC(C)CNC1CCC(CS(=O)(=O)c2ccccc2)(N2CC[C@H](NC(=O)c3cccc(C(F)(F)F)c3)C2=O)CC1. The molecule has 0 spiro atoms. The van der Waals surface area contributed by atoms with Crippen LogP contribution in [0.3, 0.4) is 0 Å². The van der Waals surface area contributed by atoms with Crippen molar-refractivity contribution in [2.24, 2.45) is 5.92 Å². The Labute approximate surface area is 233 Å². The van der Waals surface area contributed by atoms with E-state index in [1.54, 1.807) is 35.2 Å². The summed E-state index contributed by atoms with van der Waals surface area (Å²) in [5, 5.41) is 6.12. The molecule has 1 saturated carbocycles. The molecule has 0 unspecified atom stereocenters. The maximum Gasteiger partial charge on any atom is 0.416 e. The molecular formula is C29H36F3N3O4S.